The van der Waals surface area contributed by atoms with Gasteiger partial charge in [0.15, 0.2) is 0 Å². The number of carbonyl (C=O) groups excluding carboxylic acids is 2. The van der Waals surface area contributed by atoms with Crippen molar-refractivity contribution in [3.63, 3.8) is 0 Å². The molecular formula is C32H42N5O5P. The molecule has 11 heteroatoms. The number of rotatable bonds is 14. The van der Waals surface area contributed by atoms with Gasteiger partial charge in [0.25, 0.3) is 0 Å². The van der Waals surface area contributed by atoms with Crippen LogP contribution in [0.15, 0.2) is 60.7 Å². The van der Waals surface area contributed by atoms with Crippen molar-refractivity contribution in [1.29, 1.82) is 0 Å². The summed E-state index contributed by atoms with van der Waals surface area (Å²) in [5.41, 5.74) is 5.84. The topological polar surface area (TPSA) is 130 Å². The van der Waals surface area contributed by atoms with Crippen molar-refractivity contribution in [2.45, 2.75) is 77.8 Å². The second kappa shape index (κ2) is 14.8. The molecule has 0 atom stereocenters. The summed E-state index contributed by atoms with van der Waals surface area (Å²) in [6, 6.07) is 15.8. The normalized spacial score (nSPS) is 12.7. The number of allylic oxidation sites excluding steroid dienone is 1. The minimum atomic E-state index is -2.30. The maximum Gasteiger partial charge on any atom is 0.327 e. The number of carbonyl (C=O) groups is 2. The van der Waals surface area contributed by atoms with Crippen molar-refractivity contribution < 1.29 is 23.9 Å². The third-order valence-corrected chi connectivity index (χ3v) is 7.91. The summed E-state index contributed by atoms with van der Waals surface area (Å²) in [5, 5.41) is 12.2. The van der Waals surface area contributed by atoms with Crippen molar-refractivity contribution in [3.8, 4) is 22.5 Å². The molecule has 0 radical (unpaired) electrons. The van der Waals surface area contributed by atoms with Crippen LogP contribution in [0.5, 0.6) is 0 Å². The van der Waals surface area contributed by atoms with Crippen LogP contribution in [-0.4, -0.2) is 49.7 Å². The molecule has 2 heterocycles. The second-order valence-electron chi connectivity index (χ2n) is 11.6. The van der Waals surface area contributed by atoms with E-state index in [0.29, 0.717) is 25.4 Å². The Balaban J connectivity index is 1.49. The van der Waals surface area contributed by atoms with E-state index < -0.39 is 8.60 Å². The van der Waals surface area contributed by atoms with E-state index in [1.165, 1.54) is 0 Å². The summed E-state index contributed by atoms with van der Waals surface area (Å²) in [4.78, 5) is 45.5. The fourth-order valence-electron chi connectivity index (χ4n) is 5.62. The Bertz CT molecular complexity index is 1440. The molecule has 0 saturated carbocycles. The molecule has 1 aromatic heterocycles. The minimum Gasteiger partial charge on any atom is -0.356 e. The molecule has 1 aliphatic rings. The molecule has 3 N–H and O–H groups in total. The molecule has 10 nitrogen and oxygen atoms in total. The Kier molecular flexibility index (Phi) is 11.2. The van der Waals surface area contributed by atoms with Crippen LogP contribution in [0.2, 0.25) is 0 Å². The smallest absolute Gasteiger partial charge is 0.327 e. The Morgan fingerprint density at radius 2 is 1.72 bits per heavy atom. The van der Waals surface area contributed by atoms with Crippen LogP contribution >= 0.6 is 8.60 Å². The second-order valence-corrected chi connectivity index (χ2v) is 12.4. The molecule has 0 bridgehead atoms. The number of fused-ring (bicyclic) bond motifs is 5. The third kappa shape index (κ3) is 8.36. The number of hydrogen-bond acceptors (Lipinski definition) is 7. The predicted molar refractivity (Wildman–Crippen MR) is 169 cm³/mol. The lowest BCUT2D eigenvalue weighted by atomic mass is 9.92. The van der Waals surface area contributed by atoms with Crippen molar-refractivity contribution in [3.05, 3.63) is 66.2 Å². The van der Waals surface area contributed by atoms with Gasteiger partial charge in [-0.05, 0) is 51.7 Å². The molecule has 0 fully saturated rings. The molecule has 0 unspecified atom stereocenters. The van der Waals surface area contributed by atoms with Gasteiger partial charge in [-0.3, -0.25) is 9.59 Å². The van der Waals surface area contributed by atoms with Gasteiger partial charge < -0.3 is 24.5 Å². The lowest BCUT2D eigenvalue weighted by Gasteiger charge is -2.31. The molecule has 3 aromatic rings. The van der Waals surface area contributed by atoms with Crippen molar-refractivity contribution >= 4 is 26.1 Å². The average Bonchev–Trinajstić information content (AvgIpc) is 3.40. The zero-order chi connectivity index (χ0) is 31.0. The van der Waals surface area contributed by atoms with Gasteiger partial charge in [0.05, 0.1) is 30.1 Å². The van der Waals surface area contributed by atoms with E-state index in [-0.39, 0.29) is 30.2 Å². The first-order valence-corrected chi connectivity index (χ1v) is 15.9. The van der Waals surface area contributed by atoms with Crippen LogP contribution in [0.3, 0.4) is 0 Å². The van der Waals surface area contributed by atoms with E-state index in [1.54, 1.807) is 4.90 Å². The minimum absolute atomic E-state index is 0.0795. The first-order valence-electron chi connectivity index (χ1n) is 14.7. The highest BCUT2D eigenvalue weighted by atomic mass is 31.2. The van der Waals surface area contributed by atoms with Crippen LogP contribution < -0.4 is 10.2 Å². The van der Waals surface area contributed by atoms with E-state index >= 15 is 0 Å². The number of benzene rings is 2. The van der Waals surface area contributed by atoms with Crippen molar-refractivity contribution in [2.75, 3.05) is 18.1 Å². The Morgan fingerprint density at radius 3 is 2.47 bits per heavy atom. The van der Waals surface area contributed by atoms with Gasteiger partial charge in [0.2, 0.25) is 11.8 Å². The van der Waals surface area contributed by atoms with Gasteiger partial charge in [0, 0.05) is 30.5 Å². The fourth-order valence-corrected chi connectivity index (χ4v) is 5.91. The first kappa shape index (κ1) is 32.5. The molecule has 0 spiro atoms. The third-order valence-electron chi connectivity index (χ3n) is 7.50. The van der Waals surface area contributed by atoms with Gasteiger partial charge >= 0.3 is 8.60 Å². The number of aromatic nitrogens is 3. The summed E-state index contributed by atoms with van der Waals surface area (Å²) >= 11 is 0. The number of anilines is 1. The summed E-state index contributed by atoms with van der Waals surface area (Å²) in [5.74, 6) is -0.294. The Labute approximate surface area is 254 Å². The maximum absolute atomic E-state index is 13.7. The van der Waals surface area contributed by atoms with Crippen LogP contribution in [0, 0.1) is 0 Å². The van der Waals surface area contributed by atoms with E-state index in [9.17, 15) is 9.59 Å². The lowest BCUT2D eigenvalue weighted by Crippen LogP contribution is -2.34. The molecular weight excluding hydrogens is 565 g/mol. The van der Waals surface area contributed by atoms with E-state index in [0.717, 1.165) is 65.7 Å². The van der Waals surface area contributed by atoms with Crippen LogP contribution in [-0.2, 0) is 26.2 Å². The number of unbranched alkanes of at least 4 members (excludes halogenated alkanes) is 3. The van der Waals surface area contributed by atoms with E-state index in [1.807, 2.05) is 54.1 Å². The zero-order valence-corrected chi connectivity index (χ0v) is 26.1. The summed E-state index contributed by atoms with van der Waals surface area (Å²) in [6.07, 6.45) is 4.20. The molecule has 230 valence electrons. The summed E-state index contributed by atoms with van der Waals surface area (Å²) in [7, 11) is -2.30. The van der Waals surface area contributed by atoms with Crippen LogP contribution in [0.25, 0.3) is 22.5 Å². The molecule has 1 aliphatic heterocycles. The Hall–Kier alpha value is -3.43. The quantitative estimate of drug-likeness (QED) is 0.119. The fraction of sp³-hybridized carbons (Fsp3) is 0.438. The molecule has 0 aliphatic carbocycles. The molecule has 0 saturated heterocycles. The molecule has 2 amide bonds. The lowest BCUT2D eigenvalue weighted by molar-refractivity contribution is -0.125. The van der Waals surface area contributed by atoms with Crippen LogP contribution in [0.1, 0.15) is 71.3 Å². The number of amides is 2. The molecule has 43 heavy (non-hydrogen) atoms. The van der Waals surface area contributed by atoms with Gasteiger partial charge in [-0.25, -0.2) is 4.68 Å². The largest absolute Gasteiger partial charge is 0.356 e. The van der Waals surface area contributed by atoms with Gasteiger partial charge in [-0.15, -0.1) is 11.7 Å². The first-order chi connectivity index (χ1) is 20.6. The highest BCUT2D eigenvalue weighted by Gasteiger charge is 2.33. The number of nitrogens with one attached hydrogen (secondary N) is 1. The van der Waals surface area contributed by atoms with E-state index in [2.05, 4.69) is 42.1 Å². The zero-order valence-electron chi connectivity index (χ0n) is 25.3. The average molecular weight is 608 g/mol. The Morgan fingerprint density at radius 1 is 1.02 bits per heavy atom. The molecule has 2 aromatic carbocycles. The predicted octanol–water partition coefficient (Wildman–Crippen LogP) is 5.84. The highest BCUT2D eigenvalue weighted by molar-refractivity contribution is 7.39. The summed E-state index contributed by atoms with van der Waals surface area (Å²) < 4.78 is 6.74. The van der Waals surface area contributed by atoms with Crippen molar-refractivity contribution in [1.82, 2.24) is 20.3 Å². The molecule has 4 rings (SSSR count). The summed E-state index contributed by atoms with van der Waals surface area (Å²) in [6.45, 7) is 11.6. The monoisotopic (exact) mass is 607 g/mol. The highest BCUT2D eigenvalue weighted by Crippen LogP contribution is 2.43. The number of hydrogen-bond donors (Lipinski definition) is 3. The van der Waals surface area contributed by atoms with Gasteiger partial charge in [0.1, 0.15) is 5.69 Å². The maximum atomic E-state index is 13.7. The number of para-hydroxylation sites is 1. The van der Waals surface area contributed by atoms with E-state index in [4.69, 9.17) is 14.3 Å². The SMILES string of the molecule is C=C(C)CC(C)(C)n1nnc2c1-c1ccccc1CN(C(=O)CCC(=O)NCCCCCCOP(O)O)c1ccccc1-2. The van der Waals surface area contributed by atoms with Crippen molar-refractivity contribution in [2.24, 2.45) is 0 Å². The van der Waals surface area contributed by atoms with Crippen LogP contribution in [0.4, 0.5) is 5.69 Å². The number of nitrogens with zero attached hydrogens (tertiary/aromatic N) is 4. The van der Waals surface area contributed by atoms with Gasteiger partial charge in [-0.1, -0.05) is 66.1 Å². The van der Waals surface area contributed by atoms with Gasteiger partial charge in [-0.2, -0.15) is 0 Å². The standard InChI is InChI=1S/C32H42N5O5P/c1-23(2)21-32(3,4)37-31-25-14-8-7-13-24(25)22-36(27-16-10-9-15-26(27)30(31)34-35-37)29(39)18-17-28(38)33-19-11-5-6-12-20-42-43(40)41/h7-10,13-16,40-41H,1,5-6,11-12,17-22H2,2-4H3,(H,33,38).